The number of aryl methyl sites for hydroxylation is 1. The van der Waals surface area contributed by atoms with Crippen molar-refractivity contribution in [3.8, 4) is 5.82 Å². The summed E-state index contributed by atoms with van der Waals surface area (Å²) in [5, 5.41) is 6.09. The molecule has 0 saturated heterocycles. The topological polar surface area (TPSA) is 71.8 Å². The van der Waals surface area contributed by atoms with Crippen LogP contribution in [0, 0.1) is 6.92 Å². The standard InChI is InChI=1S/C14H17N5O/c1-10-15-7-8-19(10)14-12(3-2-6-16-14)18-13(20)9-17-11-4-5-11/h2-3,6-8,11,17H,4-5,9H2,1H3,(H,18,20). The molecule has 3 rings (SSSR count). The molecule has 0 spiro atoms. The third-order valence-corrected chi connectivity index (χ3v) is 3.24. The van der Waals surface area contributed by atoms with E-state index in [0.29, 0.717) is 24.1 Å². The molecule has 104 valence electrons. The minimum Gasteiger partial charge on any atom is -0.322 e. The SMILES string of the molecule is Cc1nccn1-c1ncccc1NC(=O)CNC1CC1. The second-order valence-corrected chi connectivity index (χ2v) is 4.92. The highest BCUT2D eigenvalue weighted by atomic mass is 16.1. The Balaban J connectivity index is 1.75. The van der Waals surface area contributed by atoms with Gasteiger partial charge in [-0.2, -0.15) is 0 Å². The molecule has 0 aliphatic heterocycles. The quantitative estimate of drug-likeness (QED) is 0.859. The molecule has 1 fully saturated rings. The summed E-state index contributed by atoms with van der Waals surface area (Å²) in [6.45, 7) is 2.23. The zero-order chi connectivity index (χ0) is 13.9. The summed E-state index contributed by atoms with van der Waals surface area (Å²) in [5.41, 5.74) is 0.691. The summed E-state index contributed by atoms with van der Waals surface area (Å²) in [6.07, 6.45) is 7.58. The zero-order valence-electron chi connectivity index (χ0n) is 11.3. The number of imidazole rings is 1. The van der Waals surface area contributed by atoms with E-state index in [1.54, 1.807) is 18.5 Å². The summed E-state index contributed by atoms with van der Waals surface area (Å²) in [4.78, 5) is 20.4. The van der Waals surface area contributed by atoms with E-state index in [1.807, 2.05) is 23.8 Å². The van der Waals surface area contributed by atoms with E-state index in [2.05, 4.69) is 20.6 Å². The van der Waals surface area contributed by atoms with Gasteiger partial charge in [0.15, 0.2) is 5.82 Å². The molecule has 2 heterocycles. The summed E-state index contributed by atoms with van der Waals surface area (Å²) >= 11 is 0. The van der Waals surface area contributed by atoms with Gasteiger partial charge < -0.3 is 10.6 Å². The van der Waals surface area contributed by atoms with Gasteiger partial charge in [-0.15, -0.1) is 0 Å². The van der Waals surface area contributed by atoms with Gasteiger partial charge in [-0.1, -0.05) is 0 Å². The molecule has 2 aromatic rings. The average Bonchev–Trinajstić information content (AvgIpc) is 3.18. The van der Waals surface area contributed by atoms with Gasteiger partial charge in [0.05, 0.1) is 12.2 Å². The summed E-state index contributed by atoms with van der Waals surface area (Å²) in [7, 11) is 0. The van der Waals surface area contributed by atoms with Crippen LogP contribution in [0.3, 0.4) is 0 Å². The Bertz CT molecular complexity index is 618. The highest BCUT2D eigenvalue weighted by Crippen LogP contribution is 2.19. The molecule has 0 aromatic carbocycles. The molecule has 1 aliphatic rings. The number of rotatable bonds is 5. The summed E-state index contributed by atoms with van der Waals surface area (Å²) < 4.78 is 1.85. The van der Waals surface area contributed by atoms with Crippen LogP contribution in [-0.2, 0) is 4.79 Å². The van der Waals surface area contributed by atoms with Crippen molar-refractivity contribution < 1.29 is 4.79 Å². The van der Waals surface area contributed by atoms with E-state index >= 15 is 0 Å². The minimum atomic E-state index is -0.0519. The molecule has 2 N–H and O–H groups in total. The van der Waals surface area contributed by atoms with Crippen LogP contribution in [0.15, 0.2) is 30.7 Å². The monoisotopic (exact) mass is 271 g/mol. The molecule has 1 aliphatic carbocycles. The molecule has 1 saturated carbocycles. The lowest BCUT2D eigenvalue weighted by Gasteiger charge is -2.11. The van der Waals surface area contributed by atoms with Crippen molar-refractivity contribution in [2.45, 2.75) is 25.8 Å². The molecular weight excluding hydrogens is 254 g/mol. The van der Waals surface area contributed by atoms with Crippen LogP contribution in [0.1, 0.15) is 18.7 Å². The minimum absolute atomic E-state index is 0.0519. The van der Waals surface area contributed by atoms with Gasteiger partial charge >= 0.3 is 0 Å². The number of hydrogen-bond donors (Lipinski definition) is 2. The van der Waals surface area contributed by atoms with Crippen molar-refractivity contribution in [1.82, 2.24) is 19.9 Å². The number of carbonyl (C=O) groups is 1. The fourth-order valence-corrected chi connectivity index (χ4v) is 2.01. The van der Waals surface area contributed by atoms with Gasteiger partial charge in [-0.05, 0) is 31.9 Å². The van der Waals surface area contributed by atoms with Gasteiger partial charge in [-0.25, -0.2) is 9.97 Å². The molecule has 20 heavy (non-hydrogen) atoms. The van der Waals surface area contributed by atoms with E-state index in [9.17, 15) is 4.79 Å². The Labute approximate surface area is 117 Å². The van der Waals surface area contributed by atoms with Crippen molar-refractivity contribution in [3.63, 3.8) is 0 Å². The molecule has 6 nitrogen and oxygen atoms in total. The van der Waals surface area contributed by atoms with Crippen molar-refractivity contribution in [2.75, 3.05) is 11.9 Å². The number of anilines is 1. The van der Waals surface area contributed by atoms with Crippen molar-refractivity contribution >= 4 is 11.6 Å². The van der Waals surface area contributed by atoms with Crippen LogP contribution >= 0.6 is 0 Å². The predicted octanol–water partition coefficient (Wildman–Crippen LogP) is 1.27. The first kappa shape index (κ1) is 12.8. The molecule has 0 bridgehead atoms. The molecule has 6 heteroatoms. The maximum Gasteiger partial charge on any atom is 0.238 e. The van der Waals surface area contributed by atoms with Gasteiger partial charge in [0, 0.05) is 24.6 Å². The summed E-state index contributed by atoms with van der Waals surface area (Å²) in [5.74, 6) is 1.46. The van der Waals surface area contributed by atoms with E-state index in [-0.39, 0.29) is 5.91 Å². The van der Waals surface area contributed by atoms with Gasteiger partial charge in [0.2, 0.25) is 5.91 Å². The zero-order valence-corrected chi connectivity index (χ0v) is 11.3. The average molecular weight is 271 g/mol. The number of carbonyl (C=O) groups excluding carboxylic acids is 1. The molecular formula is C14H17N5O. The van der Waals surface area contributed by atoms with Gasteiger partial charge in [0.25, 0.3) is 0 Å². The maximum absolute atomic E-state index is 11.9. The maximum atomic E-state index is 11.9. The Morgan fingerprint density at radius 1 is 1.40 bits per heavy atom. The Kier molecular flexibility index (Phi) is 3.47. The number of nitrogens with zero attached hydrogens (tertiary/aromatic N) is 3. The third kappa shape index (κ3) is 2.85. The summed E-state index contributed by atoms with van der Waals surface area (Å²) in [6, 6.07) is 4.17. The number of nitrogens with one attached hydrogen (secondary N) is 2. The van der Waals surface area contributed by atoms with Gasteiger partial charge in [-0.3, -0.25) is 9.36 Å². The number of amides is 1. The highest BCUT2D eigenvalue weighted by molar-refractivity contribution is 5.93. The predicted molar refractivity (Wildman–Crippen MR) is 75.8 cm³/mol. The Hall–Kier alpha value is -2.21. The molecule has 0 atom stereocenters. The van der Waals surface area contributed by atoms with Crippen LogP contribution in [0.2, 0.25) is 0 Å². The van der Waals surface area contributed by atoms with Crippen LogP contribution in [-0.4, -0.2) is 33.0 Å². The van der Waals surface area contributed by atoms with Gasteiger partial charge in [0.1, 0.15) is 5.82 Å². The second kappa shape index (κ2) is 5.42. The fraction of sp³-hybridized carbons (Fsp3) is 0.357. The smallest absolute Gasteiger partial charge is 0.238 e. The number of aromatic nitrogens is 3. The van der Waals surface area contributed by atoms with Crippen LogP contribution in [0.4, 0.5) is 5.69 Å². The lowest BCUT2D eigenvalue weighted by molar-refractivity contribution is -0.115. The first-order valence-electron chi connectivity index (χ1n) is 6.72. The third-order valence-electron chi connectivity index (χ3n) is 3.24. The molecule has 2 aromatic heterocycles. The fourth-order valence-electron chi connectivity index (χ4n) is 2.01. The van der Waals surface area contributed by atoms with E-state index in [4.69, 9.17) is 0 Å². The molecule has 1 amide bonds. The Morgan fingerprint density at radius 3 is 2.95 bits per heavy atom. The van der Waals surface area contributed by atoms with Crippen molar-refractivity contribution in [3.05, 3.63) is 36.5 Å². The van der Waals surface area contributed by atoms with Crippen LogP contribution < -0.4 is 10.6 Å². The van der Waals surface area contributed by atoms with Crippen LogP contribution in [0.5, 0.6) is 0 Å². The molecule has 0 unspecified atom stereocenters. The normalized spacial score (nSPS) is 14.2. The van der Waals surface area contributed by atoms with E-state index in [1.165, 1.54) is 12.8 Å². The lowest BCUT2D eigenvalue weighted by atomic mass is 10.3. The first-order valence-corrected chi connectivity index (χ1v) is 6.72. The first-order chi connectivity index (χ1) is 9.74. The number of pyridine rings is 1. The lowest BCUT2D eigenvalue weighted by Crippen LogP contribution is -2.29. The van der Waals surface area contributed by atoms with E-state index < -0.39 is 0 Å². The van der Waals surface area contributed by atoms with Crippen molar-refractivity contribution in [1.29, 1.82) is 0 Å². The highest BCUT2D eigenvalue weighted by Gasteiger charge is 2.21. The van der Waals surface area contributed by atoms with Crippen LogP contribution in [0.25, 0.3) is 5.82 Å². The Morgan fingerprint density at radius 2 is 2.25 bits per heavy atom. The molecule has 0 radical (unpaired) electrons. The largest absolute Gasteiger partial charge is 0.322 e. The van der Waals surface area contributed by atoms with Crippen molar-refractivity contribution in [2.24, 2.45) is 0 Å². The second-order valence-electron chi connectivity index (χ2n) is 4.92. The van der Waals surface area contributed by atoms with E-state index in [0.717, 1.165) is 5.82 Å². The number of hydrogen-bond acceptors (Lipinski definition) is 4.